The number of aliphatic hydroxyl groups excluding tert-OH is 1. The van der Waals surface area contributed by atoms with Gasteiger partial charge in [0.05, 0.1) is 17.6 Å². The van der Waals surface area contributed by atoms with Crippen LogP contribution in [-0.4, -0.2) is 47.6 Å². The molecule has 0 aromatic heterocycles. The highest BCUT2D eigenvalue weighted by Crippen LogP contribution is 2.48. The molecule has 3 aliphatic rings. The molecule has 1 N–H and O–H groups in total. The number of epoxide rings is 1. The molecule has 0 aromatic rings. The number of hydrogen-bond acceptors (Lipinski definition) is 6. The monoisotopic (exact) mass is 322 g/mol. The molecule has 0 bridgehead atoms. The van der Waals surface area contributed by atoms with E-state index in [-0.39, 0.29) is 24.3 Å². The Balaban J connectivity index is 1.85. The van der Waals surface area contributed by atoms with Gasteiger partial charge in [-0.15, -0.1) is 0 Å². The van der Waals surface area contributed by atoms with Gasteiger partial charge in [0.25, 0.3) is 0 Å². The molecule has 0 aromatic carbocycles. The first-order valence-corrected chi connectivity index (χ1v) is 7.89. The number of ether oxygens (including phenoxy) is 3. The van der Waals surface area contributed by atoms with Crippen molar-refractivity contribution in [2.24, 2.45) is 5.92 Å². The lowest BCUT2D eigenvalue weighted by atomic mass is 9.82. The van der Waals surface area contributed by atoms with E-state index in [1.807, 2.05) is 13.0 Å². The predicted molar refractivity (Wildman–Crippen MR) is 80.4 cm³/mol. The van der Waals surface area contributed by atoms with Gasteiger partial charge in [0, 0.05) is 18.9 Å². The summed E-state index contributed by atoms with van der Waals surface area (Å²) in [7, 11) is 0. The SMILES string of the molecule is C=C1C(=O)O[C@H]2C/C(COC(C)=O)=C/CC[C@]3(C)O[C@H]3[C@@H](O)[C@H]12. The van der Waals surface area contributed by atoms with Crippen LogP contribution in [-0.2, 0) is 23.8 Å². The Kier molecular flexibility index (Phi) is 4.06. The second-order valence-corrected chi connectivity index (χ2v) is 6.72. The van der Waals surface area contributed by atoms with Crippen molar-refractivity contribution < 1.29 is 28.9 Å². The predicted octanol–water partition coefficient (Wildman–Crippen LogP) is 1.28. The highest BCUT2D eigenvalue weighted by molar-refractivity contribution is 5.91. The van der Waals surface area contributed by atoms with Crippen LogP contribution in [0, 0.1) is 5.92 Å². The molecule has 2 aliphatic heterocycles. The summed E-state index contributed by atoms with van der Waals surface area (Å²) < 4.78 is 16.2. The Morgan fingerprint density at radius 1 is 1.57 bits per heavy atom. The van der Waals surface area contributed by atoms with Crippen LogP contribution in [0.3, 0.4) is 0 Å². The fourth-order valence-electron chi connectivity index (χ4n) is 3.53. The highest BCUT2D eigenvalue weighted by atomic mass is 16.6. The highest BCUT2D eigenvalue weighted by Gasteiger charge is 2.60. The summed E-state index contributed by atoms with van der Waals surface area (Å²) in [5.74, 6) is -1.33. The van der Waals surface area contributed by atoms with E-state index >= 15 is 0 Å². The summed E-state index contributed by atoms with van der Waals surface area (Å²) >= 11 is 0. The average Bonchev–Trinajstić information content (AvgIpc) is 3.07. The van der Waals surface area contributed by atoms with E-state index in [0.29, 0.717) is 6.42 Å². The largest absolute Gasteiger partial charge is 0.461 e. The van der Waals surface area contributed by atoms with Crippen molar-refractivity contribution >= 4 is 11.9 Å². The number of aliphatic hydroxyl groups is 1. The smallest absolute Gasteiger partial charge is 0.334 e. The third kappa shape index (κ3) is 3.05. The molecule has 6 nitrogen and oxygen atoms in total. The molecule has 1 aliphatic carbocycles. The van der Waals surface area contributed by atoms with Crippen LogP contribution in [0.4, 0.5) is 0 Å². The van der Waals surface area contributed by atoms with Gasteiger partial charge in [-0.25, -0.2) is 4.79 Å². The summed E-state index contributed by atoms with van der Waals surface area (Å²) in [4.78, 5) is 22.9. The first-order chi connectivity index (χ1) is 10.8. The number of allylic oxidation sites excluding steroid dienone is 1. The van der Waals surface area contributed by atoms with Crippen LogP contribution in [0.1, 0.15) is 33.1 Å². The first-order valence-electron chi connectivity index (χ1n) is 7.89. The molecular formula is C17H22O6. The third-order valence-corrected chi connectivity index (χ3v) is 4.94. The fourth-order valence-corrected chi connectivity index (χ4v) is 3.53. The Bertz CT molecular complexity index is 580. The lowest BCUT2D eigenvalue weighted by Gasteiger charge is -2.24. The zero-order valence-electron chi connectivity index (χ0n) is 13.4. The van der Waals surface area contributed by atoms with Gasteiger partial charge in [-0.3, -0.25) is 4.79 Å². The molecule has 2 saturated heterocycles. The van der Waals surface area contributed by atoms with Gasteiger partial charge in [-0.05, 0) is 25.3 Å². The molecule has 126 valence electrons. The summed E-state index contributed by atoms with van der Waals surface area (Å²) in [6.07, 6.45) is 2.32. The van der Waals surface area contributed by atoms with Gasteiger partial charge >= 0.3 is 11.9 Å². The van der Waals surface area contributed by atoms with Crippen molar-refractivity contribution in [3.8, 4) is 0 Å². The van der Waals surface area contributed by atoms with E-state index in [9.17, 15) is 14.7 Å². The maximum Gasteiger partial charge on any atom is 0.334 e. The molecule has 3 rings (SSSR count). The van der Waals surface area contributed by atoms with Crippen LogP contribution in [0.2, 0.25) is 0 Å². The molecular weight excluding hydrogens is 300 g/mol. The number of hydrogen-bond donors (Lipinski definition) is 1. The lowest BCUT2D eigenvalue weighted by molar-refractivity contribution is -0.142. The maximum absolute atomic E-state index is 11.9. The summed E-state index contributed by atoms with van der Waals surface area (Å²) in [5.41, 5.74) is 0.774. The normalized spacial score (nSPS) is 42.0. The maximum atomic E-state index is 11.9. The van der Waals surface area contributed by atoms with Crippen molar-refractivity contribution in [3.05, 3.63) is 23.8 Å². The Hall–Kier alpha value is -1.66. The molecule has 2 fully saturated rings. The number of esters is 2. The summed E-state index contributed by atoms with van der Waals surface area (Å²) in [6, 6.07) is 0. The van der Waals surface area contributed by atoms with Crippen molar-refractivity contribution in [2.75, 3.05) is 6.61 Å². The quantitative estimate of drug-likeness (QED) is 0.357. The molecule has 6 heteroatoms. The number of rotatable bonds is 2. The molecule has 23 heavy (non-hydrogen) atoms. The zero-order chi connectivity index (χ0) is 16.8. The van der Waals surface area contributed by atoms with Crippen molar-refractivity contribution in [2.45, 2.75) is 57.0 Å². The Labute approximate surface area is 135 Å². The Morgan fingerprint density at radius 3 is 3.00 bits per heavy atom. The van der Waals surface area contributed by atoms with E-state index in [1.54, 1.807) is 0 Å². The van der Waals surface area contributed by atoms with Crippen molar-refractivity contribution in [1.82, 2.24) is 0 Å². The lowest BCUT2D eigenvalue weighted by Crippen LogP contribution is -2.36. The minimum Gasteiger partial charge on any atom is -0.461 e. The minimum absolute atomic E-state index is 0.166. The first kappa shape index (κ1) is 16.2. The van der Waals surface area contributed by atoms with Crippen LogP contribution in [0.25, 0.3) is 0 Å². The van der Waals surface area contributed by atoms with Crippen LogP contribution < -0.4 is 0 Å². The van der Waals surface area contributed by atoms with E-state index in [1.165, 1.54) is 6.92 Å². The van der Waals surface area contributed by atoms with Gasteiger partial charge in [0.15, 0.2) is 0 Å². The molecule has 0 radical (unpaired) electrons. The molecule has 0 unspecified atom stereocenters. The number of carbonyl (C=O) groups excluding carboxylic acids is 2. The average molecular weight is 322 g/mol. The van der Waals surface area contributed by atoms with Crippen molar-refractivity contribution in [1.29, 1.82) is 0 Å². The molecule has 0 saturated carbocycles. The minimum atomic E-state index is -0.822. The molecule has 5 atom stereocenters. The Morgan fingerprint density at radius 2 is 2.30 bits per heavy atom. The molecule has 0 amide bonds. The summed E-state index contributed by atoms with van der Waals surface area (Å²) in [5, 5.41) is 10.6. The third-order valence-electron chi connectivity index (χ3n) is 4.94. The van der Waals surface area contributed by atoms with Gasteiger partial charge in [0.2, 0.25) is 0 Å². The fraction of sp³-hybridized carbons (Fsp3) is 0.647. The van der Waals surface area contributed by atoms with E-state index in [2.05, 4.69) is 6.58 Å². The van der Waals surface area contributed by atoms with E-state index < -0.39 is 29.7 Å². The second kappa shape index (κ2) is 5.76. The van der Waals surface area contributed by atoms with E-state index in [4.69, 9.17) is 14.2 Å². The summed E-state index contributed by atoms with van der Waals surface area (Å²) in [6.45, 7) is 7.25. The standard InChI is InChI=1S/C17H22O6/c1-9-13-12(22-16(9)20)7-11(8-21-10(2)18)5-4-6-17(3)15(23-17)14(13)19/h5,12-15,19H,1,4,6-8H2,2-3H3/b11-5-/t12-,13+,14-,15-,17-/m0/s1. The van der Waals surface area contributed by atoms with Crippen LogP contribution >= 0.6 is 0 Å². The van der Waals surface area contributed by atoms with Gasteiger partial charge in [0.1, 0.15) is 18.8 Å². The van der Waals surface area contributed by atoms with E-state index in [0.717, 1.165) is 18.4 Å². The van der Waals surface area contributed by atoms with Crippen LogP contribution in [0.15, 0.2) is 23.8 Å². The van der Waals surface area contributed by atoms with Gasteiger partial charge in [-0.2, -0.15) is 0 Å². The van der Waals surface area contributed by atoms with Gasteiger partial charge in [-0.1, -0.05) is 12.7 Å². The molecule has 0 spiro atoms. The zero-order valence-corrected chi connectivity index (χ0v) is 13.4. The van der Waals surface area contributed by atoms with Crippen LogP contribution in [0.5, 0.6) is 0 Å². The molecule has 2 heterocycles. The van der Waals surface area contributed by atoms with Crippen molar-refractivity contribution in [3.63, 3.8) is 0 Å². The second-order valence-electron chi connectivity index (χ2n) is 6.72. The van der Waals surface area contributed by atoms with Gasteiger partial charge < -0.3 is 19.3 Å². The number of carbonyl (C=O) groups is 2. The number of fused-ring (bicyclic) bond motifs is 2. The topological polar surface area (TPSA) is 85.4 Å².